The number of nitrogens with one attached hydrogen (secondary N) is 2. The van der Waals surface area contributed by atoms with Crippen LogP contribution in [0.15, 0.2) is 18.2 Å². The van der Waals surface area contributed by atoms with E-state index in [1.807, 2.05) is 22.8 Å². The maximum atomic E-state index is 11.3. The summed E-state index contributed by atoms with van der Waals surface area (Å²) in [5.74, 6) is 0.0540. The number of nitrogens with zero attached hydrogens (tertiary/aromatic N) is 1. The van der Waals surface area contributed by atoms with E-state index >= 15 is 0 Å². The lowest BCUT2D eigenvalue weighted by Gasteiger charge is -2.11. The topological polar surface area (TPSA) is 49.8 Å². The molecule has 2 N–H and O–H groups in total. The van der Waals surface area contributed by atoms with E-state index in [4.69, 9.17) is 23.8 Å². The monoisotopic (exact) mass is 267 g/mol. The van der Waals surface area contributed by atoms with Gasteiger partial charge in [-0.1, -0.05) is 17.7 Å². The lowest BCUT2D eigenvalue weighted by molar-refractivity contribution is -0.119. The molecule has 2 heterocycles. The van der Waals surface area contributed by atoms with Crippen LogP contribution in [0, 0.1) is 4.77 Å². The van der Waals surface area contributed by atoms with Gasteiger partial charge >= 0.3 is 0 Å². The molecule has 1 aromatic heterocycles. The van der Waals surface area contributed by atoms with E-state index in [9.17, 15) is 4.79 Å². The van der Waals surface area contributed by atoms with Crippen molar-refractivity contribution in [2.24, 2.45) is 0 Å². The number of hydrogen-bond donors (Lipinski definition) is 2. The van der Waals surface area contributed by atoms with Crippen molar-refractivity contribution in [2.45, 2.75) is 12.5 Å². The molecule has 0 radical (unpaired) electrons. The van der Waals surface area contributed by atoms with Crippen molar-refractivity contribution in [1.82, 2.24) is 14.9 Å². The Bertz CT molecular complexity index is 660. The third-order valence-corrected chi connectivity index (χ3v) is 3.61. The van der Waals surface area contributed by atoms with Gasteiger partial charge in [-0.25, -0.2) is 0 Å². The Morgan fingerprint density at radius 3 is 3.00 bits per heavy atom. The van der Waals surface area contributed by atoms with Crippen LogP contribution < -0.4 is 5.32 Å². The fourth-order valence-corrected chi connectivity index (χ4v) is 2.87. The quantitative estimate of drug-likeness (QED) is 0.780. The number of fused-ring (bicyclic) bond motifs is 1. The number of carbonyl (C=O) groups excluding carboxylic acids is 1. The van der Waals surface area contributed by atoms with E-state index in [0.717, 1.165) is 11.0 Å². The molecule has 1 fully saturated rings. The van der Waals surface area contributed by atoms with Crippen LogP contribution in [0.3, 0.4) is 0 Å². The normalized spacial score (nSPS) is 19.8. The first-order chi connectivity index (χ1) is 8.16. The summed E-state index contributed by atoms with van der Waals surface area (Å²) in [6, 6.07) is 5.67. The zero-order valence-corrected chi connectivity index (χ0v) is 10.4. The Kier molecular flexibility index (Phi) is 2.45. The van der Waals surface area contributed by atoms with E-state index in [0.29, 0.717) is 22.8 Å². The molecule has 1 saturated heterocycles. The second kappa shape index (κ2) is 3.85. The van der Waals surface area contributed by atoms with Crippen LogP contribution in [-0.4, -0.2) is 22.0 Å². The fraction of sp³-hybridized carbons (Fsp3) is 0.273. The van der Waals surface area contributed by atoms with Gasteiger partial charge in [0, 0.05) is 13.0 Å². The average Bonchev–Trinajstić information content (AvgIpc) is 2.82. The predicted molar refractivity (Wildman–Crippen MR) is 68.8 cm³/mol. The number of aromatic nitrogens is 2. The van der Waals surface area contributed by atoms with E-state index in [1.54, 1.807) is 0 Å². The minimum Gasteiger partial charge on any atom is -0.354 e. The summed E-state index contributed by atoms with van der Waals surface area (Å²) in [7, 11) is 0. The molecule has 0 bridgehead atoms. The van der Waals surface area contributed by atoms with Crippen LogP contribution in [0.5, 0.6) is 0 Å². The standard InChI is InChI=1S/C11H10ClN3OS/c12-7-2-1-3-8-10(7)15(11(17)14-8)6-4-9(16)13-5-6/h1-3,6H,4-5H2,(H,13,16)(H,14,17). The number of imidazole rings is 1. The fourth-order valence-electron chi connectivity index (χ4n) is 2.26. The highest BCUT2D eigenvalue weighted by Gasteiger charge is 2.25. The molecule has 88 valence electrons. The minimum absolute atomic E-state index is 0.0450. The van der Waals surface area contributed by atoms with Crippen molar-refractivity contribution in [3.8, 4) is 0 Å². The molecule has 0 aliphatic carbocycles. The second-order valence-electron chi connectivity index (χ2n) is 4.10. The van der Waals surface area contributed by atoms with Crippen LogP contribution in [0.25, 0.3) is 11.0 Å². The van der Waals surface area contributed by atoms with Gasteiger partial charge in [-0.2, -0.15) is 0 Å². The van der Waals surface area contributed by atoms with Crippen molar-refractivity contribution >= 4 is 40.8 Å². The summed E-state index contributed by atoms with van der Waals surface area (Å²) in [6.45, 7) is 0.602. The van der Waals surface area contributed by atoms with Crippen molar-refractivity contribution in [3.05, 3.63) is 28.0 Å². The molecule has 1 amide bonds. The predicted octanol–water partition coefficient (Wildman–Crippen LogP) is 2.41. The van der Waals surface area contributed by atoms with E-state index in [1.165, 1.54) is 0 Å². The van der Waals surface area contributed by atoms with Gasteiger partial charge in [0.05, 0.1) is 22.1 Å². The highest BCUT2D eigenvalue weighted by Crippen LogP contribution is 2.28. The van der Waals surface area contributed by atoms with Gasteiger partial charge < -0.3 is 14.9 Å². The van der Waals surface area contributed by atoms with Gasteiger partial charge in [-0.3, -0.25) is 4.79 Å². The third kappa shape index (κ3) is 1.66. The molecule has 1 aliphatic rings. The van der Waals surface area contributed by atoms with Crippen LogP contribution in [-0.2, 0) is 4.79 Å². The van der Waals surface area contributed by atoms with Crippen molar-refractivity contribution in [1.29, 1.82) is 0 Å². The summed E-state index contributed by atoms with van der Waals surface area (Å²) < 4.78 is 2.54. The SMILES string of the molecule is O=C1CC(n2c(=S)[nH]c3cccc(Cl)c32)CN1. The van der Waals surface area contributed by atoms with Crippen LogP contribution in [0.2, 0.25) is 5.02 Å². The Morgan fingerprint density at radius 2 is 2.29 bits per heavy atom. The molecule has 1 aromatic carbocycles. The molecule has 3 rings (SSSR count). The zero-order valence-electron chi connectivity index (χ0n) is 8.87. The average molecular weight is 268 g/mol. The Labute approximate surface area is 108 Å². The summed E-state index contributed by atoms with van der Waals surface area (Å²) in [5, 5.41) is 3.45. The van der Waals surface area contributed by atoms with Crippen LogP contribution in [0.4, 0.5) is 0 Å². The number of carbonyl (C=O) groups is 1. The lowest BCUT2D eigenvalue weighted by Crippen LogP contribution is -2.15. The summed E-state index contributed by atoms with van der Waals surface area (Å²) >= 11 is 11.5. The highest BCUT2D eigenvalue weighted by atomic mass is 35.5. The van der Waals surface area contributed by atoms with Gasteiger partial charge in [-0.05, 0) is 24.4 Å². The molecule has 17 heavy (non-hydrogen) atoms. The van der Waals surface area contributed by atoms with Crippen molar-refractivity contribution in [3.63, 3.8) is 0 Å². The number of amides is 1. The van der Waals surface area contributed by atoms with Crippen molar-refractivity contribution in [2.75, 3.05) is 6.54 Å². The molecule has 6 heteroatoms. The minimum atomic E-state index is 0.0450. The molecule has 1 aliphatic heterocycles. The lowest BCUT2D eigenvalue weighted by atomic mass is 10.2. The number of halogens is 1. The first kappa shape index (κ1) is 10.8. The van der Waals surface area contributed by atoms with Crippen LogP contribution in [0.1, 0.15) is 12.5 Å². The molecular formula is C11H10ClN3OS. The van der Waals surface area contributed by atoms with Crippen LogP contribution >= 0.6 is 23.8 Å². The molecule has 2 aromatic rings. The first-order valence-corrected chi connectivity index (χ1v) is 6.11. The summed E-state index contributed by atoms with van der Waals surface area (Å²) in [6.07, 6.45) is 0.451. The molecular weight excluding hydrogens is 258 g/mol. The summed E-state index contributed by atoms with van der Waals surface area (Å²) in [4.78, 5) is 14.4. The summed E-state index contributed by atoms with van der Waals surface area (Å²) in [5.41, 5.74) is 1.78. The van der Waals surface area contributed by atoms with E-state index < -0.39 is 0 Å². The second-order valence-corrected chi connectivity index (χ2v) is 4.89. The largest absolute Gasteiger partial charge is 0.354 e. The maximum Gasteiger partial charge on any atom is 0.222 e. The number of rotatable bonds is 1. The Hall–Kier alpha value is -1.33. The Balaban J connectivity index is 2.25. The van der Waals surface area contributed by atoms with Gasteiger partial charge in [0.2, 0.25) is 5.91 Å². The highest BCUT2D eigenvalue weighted by molar-refractivity contribution is 7.71. The number of benzene rings is 1. The zero-order chi connectivity index (χ0) is 12.0. The number of hydrogen-bond acceptors (Lipinski definition) is 2. The van der Waals surface area contributed by atoms with Crippen molar-refractivity contribution < 1.29 is 4.79 Å². The van der Waals surface area contributed by atoms with Gasteiger partial charge in [0.25, 0.3) is 0 Å². The van der Waals surface area contributed by atoms with Gasteiger partial charge in [0.15, 0.2) is 4.77 Å². The molecule has 1 unspecified atom stereocenters. The number of para-hydroxylation sites is 1. The Morgan fingerprint density at radius 1 is 1.47 bits per heavy atom. The molecule has 0 saturated carbocycles. The molecule has 1 atom stereocenters. The molecule has 4 nitrogen and oxygen atoms in total. The smallest absolute Gasteiger partial charge is 0.222 e. The molecule has 0 spiro atoms. The van der Waals surface area contributed by atoms with Gasteiger partial charge in [-0.15, -0.1) is 0 Å². The third-order valence-electron chi connectivity index (χ3n) is 3.01. The maximum absolute atomic E-state index is 11.3. The van der Waals surface area contributed by atoms with E-state index in [-0.39, 0.29) is 11.9 Å². The first-order valence-electron chi connectivity index (χ1n) is 5.32. The van der Waals surface area contributed by atoms with E-state index in [2.05, 4.69) is 10.3 Å². The van der Waals surface area contributed by atoms with Gasteiger partial charge in [0.1, 0.15) is 0 Å². The number of aromatic amines is 1. The number of H-pyrrole nitrogens is 1.